The number of amides is 1. The molecule has 1 unspecified atom stereocenters. The maximum atomic E-state index is 13.3. The second kappa shape index (κ2) is 5.10. The van der Waals surface area contributed by atoms with Crippen molar-refractivity contribution in [1.82, 2.24) is 0 Å². The van der Waals surface area contributed by atoms with Crippen LogP contribution < -0.4 is 4.90 Å². The molecular weight excluding hydrogens is 253 g/mol. The van der Waals surface area contributed by atoms with E-state index >= 15 is 0 Å². The second-order valence-corrected chi connectivity index (χ2v) is 5.90. The van der Waals surface area contributed by atoms with Crippen LogP contribution in [0.25, 0.3) is 0 Å². The van der Waals surface area contributed by atoms with Gasteiger partial charge in [0.25, 0.3) is 0 Å². The summed E-state index contributed by atoms with van der Waals surface area (Å²) in [5.74, 6) is -0.403. The van der Waals surface area contributed by atoms with Gasteiger partial charge < -0.3 is 4.90 Å². The zero-order valence-electron chi connectivity index (χ0n) is 10.3. The molecule has 2 rings (SSSR count). The average molecular weight is 267 g/mol. The molecule has 1 saturated heterocycles. The van der Waals surface area contributed by atoms with Crippen LogP contribution in [-0.2, 0) is 9.59 Å². The smallest absolute Gasteiger partial charge is 0.228 e. The van der Waals surface area contributed by atoms with E-state index in [0.717, 1.165) is 5.56 Å². The molecule has 3 nitrogen and oxygen atoms in total. The molecule has 0 bridgehead atoms. The largest absolute Gasteiger partial charge is 0.311 e. The average Bonchev–Trinajstić information content (AvgIpc) is 2.56. The van der Waals surface area contributed by atoms with Gasteiger partial charge in [0.2, 0.25) is 5.91 Å². The summed E-state index contributed by atoms with van der Waals surface area (Å²) in [6.45, 7) is 3.74. The van der Waals surface area contributed by atoms with Crippen LogP contribution in [0.1, 0.15) is 18.9 Å². The van der Waals surface area contributed by atoms with Crippen LogP contribution in [0.5, 0.6) is 0 Å². The van der Waals surface area contributed by atoms with Crippen molar-refractivity contribution < 1.29 is 14.0 Å². The molecule has 1 aromatic rings. The molecule has 5 heteroatoms. The van der Waals surface area contributed by atoms with E-state index in [4.69, 9.17) is 0 Å². The van der Waals surface area contributed by atoms with Gasteiger partial charge in [-0.1, -0.05) is 11.8 Å². The third kappa shape index (κ3) is 2.90. The fourth-order valence-corrected chi connectivity index (χ4v) is 3.03. The molecule has 0 saturated carbocycles. The number of carbonyl (C=O) groups is 2. The van der Waals surface area contributed by atoms with Gasteiger partial charge in [0, 0.05) is 30.8 Å². The standard InChI is InChI=1S/C13H14FNO2S/c1-8-3-10(14)5-11(4-8)15-7-12(6-13(15)17)18-9(2)16/h3-5,12H,6-7H2,1-2H3. The summed E-state index contributed by atoms with van der Waals surface area (Å²) in [5, 5.41) is -0.0244. The third-order valence-corrected chi connectivity index (χ3v) is 3.74. The predicted octanol–water partition coefficient (Wildman–Crippen LogP) is 2.52. The van der Waals surface area contributed by atoms with Gasteiger partial charge in [0.05, 0.1) is 0 Å². The molecule has 18 heavy (non-hydrogen) atoms. The van der Waals surface area contributed by atoms with Crippen LogP contribution >= 0.6 is 11.8 Å². The second-order valence-electron chi connectivity index (χ2n) is 4.43. The highest BCUT2D eigenvalue weighted by Gasteiger charge is 2.32. The normalized spacial score (nSPS) is 19.4. The Hall–Kier alpha value is -1.36. The summed E-state index contributed by atoms with van der Waals surface area (Å²) in [6.07, 6.45) is 0.333. The van der Waals surface area contributed by atoms with E-state index in [0.29, 0.717) is 18.7 Å². The molecule has 0 aromatic heterocycles. The molecule has 0 radical (unpaired) electrons. The number of anilines is 1. The van der Waals surface area contributed by atoms with Gasteiger partial charge in [-0.3, -0.25) is 9.59 Å². The highest BCUT2D eigenvalue weighted by atomic mass is 32.2. The summed E-state index contributed by atoms with van der Waals surface area (Å²) in [7, 11) is 0. The Bertz CT molecular complexity index is 484. The molecule has 1 aromatic carbocycles. The fourth-order valence-electron chi connectivity index (χ4n) is 2.11. The van der Waals surface area contributed by atoms with E-state index in [1.54, 1.807) is 17.9 Å². The van der Waals surface area contributed by atoms with E-state index in [-0.39, 0.29) is 22.1 Å². The number of aryl methyl sites for hydroxylation is 1. The fraction of sp³-hybridized carbons (Fsp3) is 0.385. The van der Waals surface area contributed by atoms with E-state index in [2.05, 4.69) is 0 Å². The number of hydrogen-bond acceptors (Lipinski definition) is 3. The Kier molecular flexibility index (Phi) is 3.71. The Balaban J connectivity index is 2.18. The Labute approximate surface area is 109 Å². The maximum Gasteiger partial charge on any atom is 0.228 e. The number of benzene rings is 1. The van der Waals surface area contributed by atoms with Crippen molar-refractivity contribution in [1.29, 1.82) is 0 Å². The van der Waals surface area contributed by atoms with Gasteiger partial charge >= 0.3 is 0 Å². The van der Waals surface area contributed by atoms with Gasteiger partial charge in [-0.25, -0.2) is 4.39 Å². The Morgan fingerprint density at radius 1 is 1.44 bits per heavy atom. The zero-order valence-corrected chi connectivity index (χ0v) is 11.1. The van der Waals surface area contributed by atoms with Crippen molar-refractivity contribution >= 4 is 28.5 Å². The van der Waals surface area contributed by atoms with Crippen molar-refractivity contribution in [2.75, 3.05) is 11.4 Å². The Morgan fingerprint density at radius 2 is 2.17 bits per heavy atom. The predicted molar refractivity (Wildman–Crippen MR) is 70.2 cm³/mol. The maximum absolute atomic E-state index is 13.3. The first-order chi connectivity index (χ1) is 8.45. The van der Waals surface area contributed by atoms with Gasteiger partial charge in [0.1, 0.15) is 5.82 Å². The van der Waals surface area contributed by atoms with Gasteiger partial charge in [-0.15, -0.1) is 0 Å². The van der Waals surface area contributed by atoms with Gasteiger partial charge in [-0.2, -0.15) is 0 Å². The van der Waals surface area contributed by atoms with E-state index in [1.165, 1.54) is 30.8 Å². The topological polar surface area (TPSA) is 37.4 Å². The SMILES string of the molecule is CC(=O)SC1CC(=O)N(c2cc(C)cc(F)c2)C1. The summed E-state index contributed by atoms with van der Waals surface area (Å²) in [5.41, 5.74) is 1.35. The highest BCUT2D eigenvalue weighted by molar-refractivity contribution is 8.14. The van der Waals surface area contributed by atoms with Crippen molar-refractivity contribution in [3.63, 3.8) is 0 Å². The lowest BCUT2D eigenvalue weighted by Gasteiger charge is -2.17. The number of thioether (sulfide) groups is 1. The number of hydrogen-bond donors (Lipinski definition) is 0. The Morgan fingerprint density at radius 3 is 2.78 bits per heavy atom. The lowest BCUT2D eigenvalue weighted by atomic mass is 10.2. The zero-order chi connectivity index (χ0) is 13.3. The van der Waals surface area contributed by atoms with Gasteiger partial charge in [0.15, 0.2) is 5.12 Å². The quantitative estimate of drug-likeness (QED) is 0.826. The molecule has 1 fully saturated rings. The molecular formula is C13H14FNO2S. The molecule has 1 aliphatic heterocycles. The minimum atomic E-state index is -0.347. The van der Waals surface area contributed by atoms with Crippen molar-refractivity contribution in [3.05, 3.63) is 29.6 Å². The van der Waals surface area contributed by atoms with Gasteiger partial charge in [-0.05, 0) is 30.7 Å². The minimum absolute atomic E-state index is 0.00470. The molecule has 1 amide bonds. The molecule has 1 aliphatic rings. The summed E-state index contributed by atoms with van der Waals surface area (Å²) in [4.78, 5) is 24.5. The number of rotatable bonds is 2. The monoisotopic (exact) mass is 267 g/mol. The number of halogens is 1. The lowest BCUT2D eigenvalue weighted by molar-refractivity contribution is -0.117. The van der Waals surface area contributed by atoms with Crippen molar-refractivity contribution in [2.45, 2.75) is 25.5 Å². The first-order valence-electron chi connectivity index (χ1n) is 5.70. The van der Waals surface area contributed by atoms with Crippen LogP contribution in [0.4, 0.5) is 10.1 Å². The molecule has 96 valence electrons. The van der Waals surface area contributed by atoms with Crippen molar-refractivity contribution in [2.24, 2.45) is 0 Å². The van der Waals surface area contributed by atoms with E-state index in [1.807, 2.05) is 0 Å². The van der Waals surface area contributed by atoms with E-state index < -0.39 is 0 Å². The third-order valence-electron chi connectivity index (χ3n) is 2.76. The molecule has 0 aliphatic carbocycles. The number of carbonyl (C=O) groups excluding carboxylic acids is 2. The molecule has 1 heterocycles. The highest BCUT2D eigenvalue weighted by Crippen LogP contribution is 2.29. The summed E-state index contributed by atoms with van der Waals surface area (Å²) >= 11 is 1.18. The summed E-state index contributed by atoms with van der Waals surface area (Å²) < 4.78 is 13.3. The van der Waals surface area contributed by atoms with Crippen molar-refractivity contribution in [3.8, 4) is 0 Å². The minimum Gasteiger partial charge on any atom is -0.311 e. The summed E-state index contributed by atoms with van der Waals surface area (Å²) in [6, 6.07) is 4.55. The molecule has 1 atom stereocenters. The van der Waals surface area contributed by atoms with Crippen LogP contribution in [0.3, 0.4) is 0 Å². The molecule has 0 spiro atoms. The van der Waals surface area contributed by atoms with Crippen LogP contribution in [0, 0.1) is 12.7 Å². The van der Waals surface area contributed by atoms with Crippen LogP contribution in [0.15, 0.2) is 18.2 Å². The first kappa shape index (κ1) is 13.1. The van der Waals surface area contributed by atoms with Crippen LogP contribution in [0.2, 0.25) is 0 Å². The lowest BCUT2D eigenvalue weighted by Crippen LogP contribution is -2.25. The van der Waals surface area contributed by atoms with E-state index in [9.17, 15) is 14.0 Å². The van der Waals surface area contributed by atoms with Crippen LogP contribution in [-0.4, -0.2) is 22.8 Å². The molecule has 0 N–H and O–H groups in total. The number of nitrogens with zero attached hydrogens (tertiary/aromatic N) is 1. The first-order valence-corrected chi connectivity index (χ1v) is 6.58.